The highest BCUT2D eigenvalue weighted by Gasteiger charge is 2.32. The van der Waals surface area contributed by atoms with Crippen LogP contribution in [-0.2, 0) is 6.54 Å². The van der Waals surface area contributed by atoms with Gasteiger partial charge in [0.15, 0.2) is 0 Å². The summed E-state index contributed by atoms with van der Waals surface area (Å²) >= 11 is 6.35. The Bertz CT molecular complexity index is 1020. The van der Waals surface area contributed by atoms with E-state index in [0.717, 1.165) is 35.8 Å². The first-order valence-corrected chi connectivity index (χ1v) is 11.0. The summed E-state index contributed by atoms with van der Waals surface area (Å²) in [5, 5.41) is 0.766. The van der Waals surface area contributed by atoms with Gasteiger partial charge in [0.05, 0.1) is 6.04 Å². The largest absolute Gasteiger partial charge is 0.331 e. The first kappa shape index (κ1) is 21.4. The molecule has 1 fully saturated rings. The van der Waals surface area contributed by atoms with Gasteiger partial charge in [0.2, 0.25) is 0 Å². The fourth-order valence-corrected chi connectivity index (χ4v) is 4.42. The molecule has 0 bridgehead atoms. The molecule has 5 heteroatoms. The van der Waals surface area contributed by atoms with E-state index in [2.05, 4.69) is 41.3 Å². The van der Waals surface area contributed by atoms with Gasteiger partial charge in [0.1, 0.15) is 0 Å². The summed E-state index contributed by atoms with van der Waals surface area (Å²) in [6, 6.07) is 27.0. The number of nitrogens with zero attached hydrogens (tertiary/aromatic N) is 3. The van der Waals surface area contributed by atoms with Crippen LogP contribution < -0.4 is 0 Å². The van der Waals surface area contributed by atoms with E-state index in [0.29, 0.717) is 6.54 Å². The van der Waals surface area contributed by atoms with E-state index < -0.39 is 0 Å². The van der Waals surface area contributed by atoms with Crippen molar-refractivity contribution >= 4 is 17.6 Å². The molecule has 160 valence electrons. The Morgan fingerprint density at radius 1 is 0.935 bits per heavy atom. The SMILES string of the molecule is CN(C)C(=O)N1CCN(Cc2ccc(-c3ccccc3Cl)cc2)CC1c1ccccc1. The lowest BCUT2D eigenvalue weighted by Gasteiger charge is -2.42. The summed E-state index contributed by atoms with van der Waals surface area (Å²) < 4.78 is 0. The Morgan fingerprint density at radius 3 is 2.29 bits per heavy atom. The quantitative estimate of drug-likeness (QED) is 0.539. The summed E-state index contributed by atoms with van der Waals surface area (Å²) in [7, 11) is 3.63. The number of benzene rings is 3. The Labute approximate surface area is 189 Å². The number of rotatable bonds is 4. The molecule has 1 aliphatic rings. The zero-order chi connectivity index (χ0) is 21.8. The first-order chi connectivity index (χ1) is 15.0. The number of amides is 2. The maximum Gasteiger partial charge on any atom is 0.320 e. The summed E-state index contributed by atoms with van der Waals surface area (Å²) in [6.07, 6.45) is 0. The molecule has 4 rings (SSSR count). The van der Waals surface area contributed by atoms with E-state index in [-0.39, 0.29) is 12.1 Å². The molecule has 31 heavy (non-hydrogen) atoms. The number of carbonyl (C=O) groups excluding carboxylic acids is 1. The van der Waals surface area contributed by atoms with Crippen LogP contribution in [0.1, 0.15) is 17.2 Å². The number of urea groups is 1. The van der Waals surface area contributed by atoms with Crippen LogP contribution >= 0.6 is 11.6 Å². The van der Waals surface area contributed by atoms with Gasteiger partial charge < -0.3 is 9.80 Å². The van der Waals surface area contributed by atoms with E-state index in [1.807, 2.05) is 61.5 Å². The van der Waals surface area contributed by atoms with E-state index >= 15 is 0 Å². The lowest BCUT2D eigenvalue weighted by molar-refractivity contribution is 0.0776. The van der Waals surface area contributed by atoms with Gasteiger partial charge in [-0.05, 0) is 22.8 Å². The minimum absolute atomic E-state index is 0.0484. The lowest BCUT2D eigenvalue weighted by atomic mass is 10.0. The highest BCUT2D eigenvalue weighted by molar-refractivity contribution is 6.33. The van der Waals surface area contributed by atoms with Crippen LogP contribution in [0.5, 0.6) is 0 Å². The molecule has 0 saturated carbocycles. The second-order valence-electron chi connectivity index (χ2n) is 8.21. The summed E-state index contributed by atoms with van der Waals surface area (Å²) in [5.41, 5.74) is 4.61. The van der Waals surface area contributed by atoms with Crippen LogP contribution in [0, 0.1) is 0 Å². The highest BCUT2D eigenvalue weighted by Crippen LogP contribution is 2.29. The molecule has 0 N–H and O–H groups in total. The summed E-state index contributed by atoms with van der Waals surface area (Å²) in [4.78, 5) is 18.9. The topological polar surface area (TPSA) is 26.8 Å². The van der Waals surface area contributed by atoms with Crippen LogP contribution in [0.4, 0.5) is 4.79 Å². The molecule has 4 nitrogen and oxygen atoms in total. The minimum atomic E-state index is 0.0484. The lowest BCUT2D eigenvalue weighted by Crippen LogP contribution is -2.52. The van der Waals surface area contributed by atoms with Crippen molar-refractivity contribution in [2.24, 2.45) is 0 Å². The van der Waals surface area contributed by atoms with Crippen LogP contribution in [0.2, 0.25) is 5.02 Å². The van der Waals surface area contributed by atoms with Crippen molar-refractivity contribution in [2.45, 2.75) is 12.6 Å². The zero-order valence-electron chi connectivity index (χ0n) is 18.0. The van der Waals surface area contributed by atoms with Gasteiger partial charge in [0.25, 0.3) is 0 Å². The second kappa shape index (κ2) is 9.54. The Kier molecular flexibility index (Phi) is 6.59. The average Bonchev–Trinajstić information content (AvgIpc) is 2.80. The minimum Gasteiger partial charge on any atom is -0.331 e. The predicted molar refractivity (Wildman–Crippen MR) is 127 cm³/mol. The molecule has 1 aliphatic heterocycles. The fourth-order valence-electron chi connectivity index (χ4n) is 4.17. The van der Waals surface area contributed by atoms with Crippen LogP contribution in [-0.4, -0.2) is 54.5 Å². The van der Waals surface area contributed by atoms with Crippen molar-refractivity contribution in [2.75, 3.05) is 33.7 Å². The third kappa shape index (κ3) is 4.92. The highest BCUT2D eigenvalue weighted by atomic mass is 35.5. The Balaban J connectivity index is 1.49. The van der Waals surface area contributed by atoms with Gasteiger partial charge in [0, 0.05) is 50.9 Å². The molecular weight excluding hydrogens is 406 g/mol. The van der Waals surface area contributed by atoms with E-state index in [4.69, 9.17) is 11.6 Å². The molecule has 1 unspecified atom stereocenters. The molecule has 0 aromatic heterocycles. The van der Waals surface area contributed by atoms with E-state index in [1.54, 1.807) is 4.90 Å². The van der Waals surface area contributed by atoms with E-state index in [1.165, 1.54) is 11.1 Å². The summed E-state index contributed by atoms with van der Waals surface area (Å²) in [6.45, 7) is 3.25. The van der Waals surface area contributed by atoms with Crippen molar-refractivity contribution in [3.63, 3.8) is 0 Å². The third-order valence-electron chi connectivity index (χ3n) is 5.82. The van der Waals surface area contributed by atoms with E-state index in [9.17, 15) is 4.79 Å². The molecule has 1 atom stereocenters. The number of piperazine rings is 1. The fraction of sp³-hybridized carbons (Fsp3) is 0.269. The standard InChI is InChI=1S/C26H28ClN3O/c1-28(2)26(31)30-17-16-29(19-25(30)22-8-4-3-5-9-22)18-20-12-14-21(15-13-20)23-10-6-7-11-24(23)27/h3-15,25H,16-19H2,1-2H3. The maximum atomic E-state index is 12.8. The van der Waals surface area contributed by atoms with Gasteiger partial charge in [-0.3, -0.25) is 4.90 Å². The zero-order valence-corrected chi connectivity index (χ0v) is 18.8. The first-order valence-electron chi connectivity index (χ1n) is 10.6. The van der Waals surface area contributed by atoms with Crippen molar-refractivity contribution < 1.29 is 4.79 Å². The maximum absolute atomic E-state index is 12.8. The molecule has 3 aromatic rings. The molecule has 1 heterocycles. The normalized spacial score (nSPS) is 16.9. The molecule has 2 amide bonds. The molecule has 0 radical (unpaired) electrons. The third-order valence-corrected chi connectivity index (χ3v) is 6.15. The number of hydrogen-bond donors (Lipinski definition) is 0. The van der Waals surface area contributed by atoms with Gasteiger partial charge in [-0.1, -0.05) is 84.4 Å². The van der Waals surface area contributed by atoms with Gasteiger partial charge in [-0.25, -0.2) is 4.79 Å². The Hall–Kier alpha value is -2.82. The monoisotopic (exact) mass is 433 g/mol. The van der Waals surface area contributed by atoms with Crippen molar-refractivity contribution in [3.05, 3.63) is 95.0 Å². The smallest absolute Gasteiger partial charge is 0.320 e. The van der Waals surface area contributed by atoms with Gasteiger partial charge >= 0.3 is 6.03 Å². The van der Waals surface area contributed by atoms with Gasteiger partial charge in [-0.2, -0.15) is 0 Å². The molecule has 0 spiro atoms. The average molecular weight is 434 g/mol. The Morgan fingerprint density at radius 2 is 1.61 bits per heavy atom. The van der Waals surface area contributed by atoms with Crippen molar-refractivity contribution in [1.82, 2.24) is 14.7 Å². The second-order valence-corrected chi connectivity index (χ2v) is 8.62. The molecular formula is C26H28ClN3O. The molecule has 0 aliphatic carbocycles. The van der Waals surface area contributed by atoms with Crippen molar-refractivity contribution in [3.8, 4) is 11.1 Å². The van der Waals surface area contributed by atoms with Gasteiger partial charge in [-0.15, -0.1) is 0 Å². The predicted octanol–water partition coefficient (Wildman–Crippen LogP) is 5.55. The number of hydrogen-bond acceptors (Lipinski definition) is 2. The van der Waals surface area contributed by atoms with Crippen LogP contribution in [0.25, 0.3) is 11.1 Å². The molecule has 1 saturated heterocycles. The number of halogens is 1. The summed E-state index contributed by atoms with van der Waals surface area (Å²) in [5.74, 6) is 0. The molecule has 3 aromatic carbocycles. The number of carbonyl (C=O) groups is 1. The van der Waals surface area contributed by atoms with Crippen LogP contribution in [0.15, 0.2) is 78.9 Å². The van der Waals surface area contributed by atoms with Crippen LogP contribution in [0.3, 0.4) is 0 Å². The van der Waals surface area contributed by atoms with Crippen molar-refractivity contribution in [1.29, 1.82) is 0 Å².